The molecule has 120 valence electrons. The Hall–Kier alpha value is -1.78. The maximum absolute atomic E-state index is 12.2. The zero-order valence-electron chi connectivity index (χ0n) is 13.5. The van der Waals surface area contributed by atoms with Crippen LogP contribution in [0.4, 0.5) is 4.79 Å². The molecule has 0 saturated carbocycles. The molecule has 0 fully saturated rings. The van der Waals surface area contributed by atoms with Crippen LogP contribution in [-0.2, 0) is 14.3 Å². The van der Waals surface area contributed by atoms with E-state index >= 15 is 0 Å². The second-order valence-corrected chi connectivity index (χ2v) is 5.29. The highest BCUT2D eigenvalue weighted by molar-refractivity contribution is 5.81. The van der Waals surface area contributed by atoms with E-state index in [9.17, 15) is 9.59 Å². The fourth-order valence-corrected chi connectivity index (χ4v) is 1.63. The fraction of sp³-hybridized carbons (Fsp3) is 0.625. The molecule has 0 unspecified atom stereocenters. The Morgan fingerprint density at radius 1 is 1.33 bits per heavy atom. The van der Waals surface area contributed by atoms with E-state index in [4.69, 9.17) is 9.47 Å². The van der Waals surface area contributed by atoms with Gasteiger partial charge in [-0.05, 0) is 32.6 Å². The molecule has 0 aromatic rings. The number of ether oxygens (including phenoxy) is 2. The summed E-state index contributed by atoms with van der Waals surface area (Å²) >= 11 is 0. The van der Waals surface area contributed by atoms with E-state index < -0.39 is 18.1 Å². The number of hydrogen-bond acceptors (Lipinski definition) is 4. The van der Waals surface area contributed by atoms with E-state index in [2.05, 4.69) is 18.5 Å². The van der Waals surface area contributed by atoms with Gasteiger partial charge in [-0.25, -0.2) is 9.59 Å². The third-order valence-electron chi connectivity index (χ3n) is 2.86. The second-order valence-electron chi connectivity index (χ2n) is 5.29. The largest absolute Gasteiger partial charge is 0.457 e. The molecule has 0 radical (unpaired) electrons. The van der Waals surface area contributed by atoms with Gasteiger partial charge in [-0.15, -0.1) is 6.58 Å². The Labute approximate surface area is 127 Å². The summed E-state index contributed by atoms with van der Waals surface area (Å²) in [6.07, 6.45) is 1.96. The smallest absolute Gasteiger partial charge is 0.407 e. The Morgan fingerprint density at radius 2 is 1.95 bits per heavy atom. The lowest BCUT2D eigenvalue weighted by molar-refractivity contribution is -0.150. The van der Waals surface area contributed by atoms with Gasteiger partial charge in [0.15, 0.2) is 0 Å². The van der Waals surface area contributed by atoms with Gasteiger partial charge in [0.1, 0.15) is 12.1 Å². The quantitative estimate of drug-likeness (QED) is 0.524. The van der Waals surface area contributed by atoms with Gasteiger partial charge in [0, 0.05) is 0 Å². The van der Waals surface area contributed by atoms with Crippen LogP contribution in [0.2, 0.25) is 0 Å². The van der Waals surface area contributed by atoms with Crippen molar-refractivity contribution in [3.8, 4) is 0 Å². The third kappa shape index (κ3) is 8.17. The van der Waals surface area contributed by atoms with Crippen molar-refractivity contribution in [2.24, 2.45) is 5.92 Å². The molecule has 0 rings (SSSR count). The average Bonchev–Trinajstić information content (AvgIpc) is 2.40. The van der Waals surface area contributed by atoms with E-state index in [0.29, 0.717) is 6.42 Å². The zero-order chi connectivity index (χ0) is 16.4. The summed E-state index contributed by atoms with van der Waals surface area (Å²) < 4.78 is 10.2. The molecule has 5 heteroatoms. The van der Waals surface area contributed by atoms with Crippen molar-refractivity contribution in [1.29, 1.82) is 0 Å². The molecular weight excluding hydrogens is 270 g/mol. The minimum atomic E-state index is -0.740. The molecule has 0 spiro atoms. The van der Waals surface area contributed by atoms with Crippen molar-refractivity contribution in [2.45, 2.75) is 52.7 Å². The maximum Gasteiger partial charge on any atom is 0.407 e. The number of esters is 1. The van der Waals surface area contributed by atoms with Gasteiger partial charge < -0.3 is 14.8 Å². The van der Waals surface area contributed by atoms with E-state index in [1.165, 1.54) is 0 Å². The van der Waals surface area contributed by atoms with Crippen LogP contribution < -0.4 is 5.32 Å². The first-order valence-electron chi connectivity index (χ1n) is 7.22. The number of carbonyl (C=O) groups excluding carboxylic acids is 2. The molecule has 0 aromatic carbocycles. The molecular formula is C16H27NO4. The van der Waals surface area contributed by atoms with Crippen LogP contribution in [-0.4, -0.2) is 30.8 Å². The summed E-state index contributed by atoms with van der Waals surface area (Å²) in [7, 11) is 0. The number of alkyl carbamates (subject to hydrolysis) is 1. The minimum Gasteiger partial charge on any atom is -0.457 e. The van der Waals surface area contributed by atoms with Crippen molar-refractivity contribution >= 4 is 12.1 Å². The Morgan fingerprint density at radius 3 is 2.38 bits per heavy atom. The van der Waals surface area contributed by atoms with Crippen molar-refractivity contribution in [3.05, 3.63) is 24.8 Å². The number of hydrogen-bond donors (Lipinski definition) is 1. The predicted molar refractivity (Wildman–Crippen MR) is 82.9 cm³/mol. The second kappa shape index (κ2) is 10.0. The van der Waals surface area contributed by atoms with Crippen LogP contribution >= 0.6 is 0 Å². The molecule has 0 aliphatic heterocycles. The molecule has 0 heterocycles. The van der Waals surface area contributed by atoms with Gasteiger partial charge in [0.2, 0.25) is 0 Å². The van der Waals surface area contributed by atoms with E-state index in [1.807, 2.05) is 20.8 Å². The highest BCUT2D eigenvalue weighted by Crippen LogP contribution is 2.12. The summed E-state index contributed by atoms with van der Waals surface area (Å²) in [6.45, 7) is 15.0. The molecule has 1 N–H and O–H groups in total. The number of nitrogens with one attached hydrogen (secondary N) is 1. The molecule has 5 nitrogen and oxygen atoms in total. The summed E-state index contributed by atoms with van der Waals surface area (Å²) in [4.78, 5) is 23.6. The van der Waals surface area contributed by atoms with Crippen LogP contribution in [0, 0.1) is 5.92 Å². The van der Waals surface area contributed by atoms with Gasteiger partial charge in [-0.3, -0.25) is 0 Å². The molecule has 21 heavy (non-hydrogen) atoms. The third-order valence-corrected chi connectivity index (χ3v) is 2.86. The van der Waals surface area contributed by atoms with Gasteiger partial charge in [0.05, 0.1) is 6.61 Å². The first-order valence-corrected chi connectivity index (χ1v) is 7.22. The SMILES string of the molecule is C=C[C@H](CCC(=C)C)OC(=O)[C@@H](NC(=O)OCC)C(C)C. The number of carbonyl (C=O) groups is 2. The van der Waals surface area contributed by atoms with E-state index in [1.54, 1.807) is 13.0 Å². The van der Waals surface area contributed by atoms with Crippen LogP contribution in [0.1, 0.15) is 40.5 Å². The summed E-state index contributed by atoms with van der Waals surface area (Å²) in [5.74, 6) is -0.585. The van der Waals surface area contributed by atoms with Crippen LogP contribution in [0.25, 0.3) is 0 Å². The van der Waals surface area contributed by atoms with Crippen molar-refractivity contribution in [3.63, 3.8) is 0 Å². The standard InChI is InChI=1S/C16H27NO4/c1-7-13(10-9-11(3)4)21-15(18)14(12(5)6)17-16(19)20-8-2/h7,12-14H,1,3,8-10H2,2,4-6H3,(H,17,19)/t13-,14+/m1/s1. The molecule has 0 aromatic heterocycles. The number of allylic oxidation sites excluding steroid dienone is 1. The molecule has 0 aliphatic rings. The highest BCUT2D eigenvalue weighted by atomic mass is 16.6. The summed E-state index contributed by atoms with van der Waals surface area (Å²) in [6, 6.07) is -0.740. The van der Waals surface area contributed by atoms with Crippen LogP contribution in [0.3, 0.4) is 0 Å². The molecule has 0 bridgehead atoms. The Bertz CT molecular complexity index is 376. The number of rotatable bonds is 9. The van der Waals surface area contributed by atoms with E-state index in [0.717, 1.165) is 12.0 Å². The van der Waals surface area contributed by atoms with Crippen molar-refractivity contribution in [1.82, 2.24) is 5.32 Å². The molecule has 0 aliphatic carbocycles. The topological polar surface area (TPSA) is 64.6 Å². The fourth-order valence-electron chi connectivity index (χ4n) is 1.63. The van der Waals surface area contributed by atoms with Gasteiger partial charge in [-0.1, -0.05) is 32.1 Å². The highest BCUT2D eigenvalue weighted by Gasteiger charge is 2.27. The first-order chi connectivity index (χ1) is 9.81. The number of amides is 1. The van der Waals surface area contributed by atoms with Crippen LogP contribution in [0.5, 0.6) is 0 Å². The lowest BCUT2D eigenvalue weighted by atomic mass is 10.0. The lowest BCUT2D eigenvalue weighted by Crippen LogP contribution is -2.46. The molecule has 2 atom stereocenters. The Kier molecular flexibility index (Phi) is 9.17. The Balaban J connectivity index is 4.61. The average molecular weight is 297 g/mol. The minimum absolute atomic E-state index is 0.103. The van der Waals surface area contributed by atoms with Gasteiger partial charge >= 0.3 is 12.1 Å². The zero-order valence-corrected chi connectivity index (χ0v) is 13.5. The van der Waals surface area contributed by atoms with Gasteiger partial charge in [-0.2, -0.15) is 0 Å². The lowest BCUT2D eigenvalue weighted by Gasteiger charge is -2.23. The monoisotopic (exact) mass is 297 g/mol. The van der Waals surface area contributed by atoms with E-state index in [-0.39, 0.29) is 18.6 Å². The molecule has 1 amide bonds. The summed E-state index contributed by atoms with van der Waals surface area (Å²) in [5, 5.41) is 2.52. The van der Waals surface area contributed by atoms with Crippen LogP contribution in [0.15, 0.2) is 24.8 Å². The maximum atomic E-state index is 12.2. The van der Waals surface area contributed by atoms with Crippen molar-refractivity contribution in [2.75, 3.05) is 6.61 Å². The molecule has 0 saturated heterocycles. The predicted octanol–water partition coefficient (Wildman–Crippen LogP) is 3.21. The first kappa shape index (κ1) is 19.2. The summed E-state index contributed by atoms with van der Waals surface area (Å²) in [5.41, 5.74) is 1.02. The van der Waals surface area contributed by atoms with Crippen molar-refractivity contribution < 1.29 is 19.1 Å². The normalized spacial score (nSPS) is 13.2. The van der Waals surface area contributed by atoms with Gasteiger partial charge in [0.25, 0.3) is 0 Å².